The van der Waals surface area contributed by atoms with Gasteiger partial charge in [-0.15, -0.1) is 11.8 Å². The summed E-state index contributed by atoms with van der Waals surface area (Å²) in [5.41, 5.74) is -0.661. The Bertz CT molecular complexity index is 786. The number of hydrogen-bond acceptors (Lipinski definition) is 5. The molecule has 0 aromatic heterocycles. The summed E-state index contributed by atoms with van der Waals surface area (Å²) in [5.74, 6) is -4.66. The van der Waals surface area contributed by atoms with Crippen molar-refractivity contribution in [1.29, 1.82) is 0 Å². The molecule has 1 aliphatic rings. The molecule has 0 aliphatic heterocycles. The number of thioether (sulfide) groups is 1. The van der Waals surface area contributed by atoms with Crippen LogP contribution in [-0.4, -0.2) is 31.9 Å². The van der Waals surface area contributed by atoms with Crippen molar-refractivity contribution in [3.63, 3.8) is 0 Å². The van der Waals surface area contributed by atoms with E-state index in [2.05, 4.69) is 5.32 Å². The summed E-state index contributed by atoms with van der Waals surface area (Å²) in [6.07, 6.45) is 7.63. The molecule has 1 aliphatic carbocycles. The Labute approximate surface area is 154 Å². The zero-order valence-electron chi connectivity index (χ0n) is 14.0. The molecule has 2 rings (SSSR count). The highest BCUT2D eigenvalue weighted by atomic mass is 32.2. The maximum Gasteiger partial charge on any atom is 0.243 e. The lowest BCUT2D eigenvalue weighted by molar-refractivity contribution is 0.322. The van der Waals surface area contributed by atoms with Crippen molar-refractivity contribution in [3.8, 4) is 0 Å². The number of nitrogens with one attached hydrogen (secondary N) is 1. The minimum Gasteiger partial charge on any atom is -0.396 e. The van der Waals surface area contributed by atoms with Crippen molar-refractivity contribution >= 4 is 27.5 Å². The summed E-state index contributed by atoms with van der Waals surface area (Å²) in [6.45, 7) is -0.377. The van der Waals surface area contributed by atoms with Crippen molar-refractivity contribution in [2.75, 3.05) is 17.7 Å². The van der Waals surface area contributed by atoms with Gasteiger partial charge in [0.25, 0.3) is 0 Å². The van der Waals surface area contributed by atoms with Crippen LogP contribution in [0.25, 0.3) is 0 Å². The number of halogens is 3. The van der Waals surface area contributed by atoms with E-state index in [-0.39, 0.29) is 18.4 Å². The van der Waals surface area contributed by atoms with Gasteiger partial charge in [0.1, 0.15) is 4.90 Å². The van der Waals surface area contributed by atoms with Crippen LogP contribution in [0.5, 0.6) is 0 Å². The first kappa shape index (κ1) is 21.1. The molecule has 0 unspecified atom stereocenters. The van der Waals surface area contributed by atoms with E-state index >= 15 is 0 Å². The molecule has 0 radical (unpaired) electrons. The van der Waals surface area contributed by atoms with Crippen LogP contribution < -0.4 is 10.5 Å². The van der Waals surface area contributed by atoms with Crippen LogP contribution >= 0.6 is 11.8 Å². The first-order valence-electron chi connectivity index (χ1n) is 8.15. The average Bonchev–Trinajstić information content (AvgIpc) is 2.53. The second-order valence-electron chi connectivity index (χ2n) is 5.93. The van der Waals surface area contributed by atoms with Gasteiger partial charge in [0.05, 0.1) is 17.2 Å². The Morgan fingerprint density at radius 2 is 1.92 bits per heavy atom. The van der Waals surface area contributed by atoms with Gasteiger partial charge in [-0.05, 0) is 25.7 Å². The first-order valence-corrected chi connectivity index (χ1v) is 10.7. The Kier molecular flexibility index (Phi) is 7.39. The number of hydrogen-bond donors (Lipinski definition) is 3. The molecule has 0 saturated carbocycles. The third kappa shape index (κ3) is 4.93. The van der Waals surface area contributed by atoms with Gasteiger partial charge in [-0.3, -0.25) is 0 Å². The largest absolute Gasteiger partial charge is 0.396 e. The fourth-order valence-electron chi connectivity index (χ4n) is 2.77. The smallest absolute Gasteiger partial charge is 0.243 e. The lowest BCUT2D eigenvalue weighted by atomic mass is 10.0. The van der Waals surface area contributed by atoms with Crippen LogP contribution in [0, 0.1) is 17.5 Å². The molecule has 10 heteroatoms. The molecule has 0 bridgehead atoms. The number of primary sulfonamides is 1. The van der Waals surface area contributed by atoms with Crippen LogP contribution in [0.15, 0.2) is 21.9 Å². The zero-order valence-corrected chi connectivity index (χ0v) is 15.6. The highest BCUT2D eigenvalue weighted by molar-refractivity contribution is 7.99. The van der Waals surface area contributed by atoms with Crippen LogP contribution in [0.1, 0.15) is 32.1 Å². The van der Waals surface area contributed by atoms with E-state index in [0.717, 1.165) is 19.3 Å². The third-order valence-electron chi connectivity index (χ3n) is 3.97. The second kappa shape index (κ2) is 9.12. The maximum atomic E-state index is 14.9. The van der Waals surface area contributed by atoms with E-state index in [1.54, 1.807) is 0 Å². The van der Waals surface area contributed by atoms with Crippen LogP contribution in [0.4, 0.5) is 18.9 Å². The molecule has 1 aromatic rings. The summed E-state index contributed by atoms with van der Waals surface area (Å²) >= 11 is 0.561. The molecule has 1 atom stereocenters. The molecule has 0 heterocycles. The normalized spacial score (nSPS) is 19.7. The zero-order chi connectivity index (χ0) is 19.3. The predicted octanol–water partition coefficient (Wildman–Crippen LogP) is 3.14. The van der Waals surface area contributed by atoms with E-state index < -0.39 is 43.0 Å². The van der Waals surface area contributed by atoms with Gasteiger partial charge >= 0.3 is 0 Å². The highest BCUT2D eigenvalue weighted by Crippen LogP contribution is 2.38. The Morgan fingerprint density at radius 1 is 1.19 bits per heavy atom. The fraction of sp³-hybridized carbons (Fsp3) is 0.500. The number of nitrogens with two attached hydrogens (primary N) is 1. The van der Waals surface area contributed by atoms with E-state index in [1.807, 2.05) is 12.2 Å². The Morgan fingerprint density at radius 3 is 2.58 bits per heavy atom. The standard InChI is InChI=1S/C16H21F3N2O3S2/c17-11-12(18)16(26(20,23)24)14(13(19)15(11)25-9-8-22)21-10-6-4-2-1-3-5-7-10/h2,4,10,21-22H,1,3,5-9H2,(H2,20,23,24)/b4-2-/t10-/m0/s1. The van der Waals surface area contributed by atoms with Crippen molar-refractivity contribution in [2.24, 2.45) is 5.14 Å². The maximum absolute atomic E-state index is 14.9. The van der Waals surface area contributed by atoms with Crippen LogP contribution in [0.3, 0.4) is 0 Å². The molecular weight excluding hydrogens is 389 g/mol. The molecule has 1 aromatic carbocycles. The minimum atomic E-state index is -4.71. The first-order chi connectivity index (χ1) is 12.3. The molecule has 0 saturated heterocycles. The van der Waals surface area contributed by atoms with E-state index in [1.165, 1.54) is 0 Å². The lowest BCUT2D eigenvalue weighted by Gasteiger charge is -2.23. The predicted molar refractivity (Wildman–Crippen MR) is 95.1 cm³/mol. The van der Waals surface area contributed by atoms with Gasteiger partial charge in [0, 0.05) is 11.8 Å². The quantitative estimate of drug-likeness (QED) is 0.381. The third-order valence-corrected chi connectivity index (χ3v) is 5.95. The molecule has 5 nitrogen and oxygen atoms in total. The number of aliphatic hydroxyl groups excluding tert-OH is 1. The van der Waals surface area contributed by atoms with Crippen LogP contribution in [-0.2, 0) is 10.0 Å². The van der Waals surface area contributed by atoms with E-state index in [4.69, 9.17) is 10.2 Å². The number of anilines is 1. The van der Waals surface area contributed by atoms with Gasteiger partial charge in [0.15, 0.2) is 17.5 Å². The Balaban J connectivity index is 2.54. The summed E-state index contributed by atoms with van der Waals surface area (Å²) < 4.78 is 67.0. The molecule has 26 heavy (non-hydrogen) atoms. The molecule has 0 amide bonds. The van der Waals surface area contributed by atoms with Crippen molar-refractivity contribution in [1.82, 2.24) is 0 Å². The molecule has 0 fully saturated rings. The second-order valence-corrected chi connectivity index (χ2v) is 8.53. The molecule has 4 N–H and O–H groups in total. The number of allylic oxidation sites excluding steroid dienone is 1. The number of sulfonamides is 1. The van der Waals surface area contributed by atoms with Crippen LogP contribution in [0.2, 0.25) is 0 Å². The van der Waals surface area contributed by atoms with Crippen molar-refractivity contribution in [2.45, 2.75) is 47.9 Å². The number of aliphatic hydroxyl groups is 1. The summed E-state index contributed by atoms with van der Waals surface area (Å²) in [5, 5.41) is 16.6. The van der Waals surface area contributed by atoms with Gasteiger partial charge in [-0.25, -0.2) is 26.7 Å². The minimum absolute atomic E-state index is 0.0758. The molecule has 146 valence electrons. The SMILES string of the molecule is NS(=O)(=O)c1c(F)c(F)c(SCCO)c(F)c1N[C@H]1C/C=C\CCCC1. The topological polar surface area (TPSA) is 92.4 Å². The van der Waals surface area contributed by atoms with E-state index in [9.17, 15) is 21.6 Å². The highest BCUT2D eigenvalue weighted by Gasteiger charge is 2.32. The molecular formula is C16H21F3N2O3S2. The van der Waals surface area contributed by atoms with E-state index in [0.29, 0.717) is 24.6 Å². The number of rotatable bonds is 6. The monoisotopic (exact) mass is 410 g/mol. The number of benzene rings is 1. The Hall–Kier alpha value is -1.23. The van der Waals surface area contributed by atoms with Crippen molar-refractivity contribution in [3.05, 3.63) is 29.6 Å². The van der Waals surface area contributed by atoms with Gasteiger partial charge in [0.2, 0.25) is 10.0 Å². The van der Waals surface area contributed by atoms with Gasteiger partial charge < -0.3 is 10.4 Å². The lowest BCUT2D eigenvalue weighted by Crippen LogP contribution is -2.25. The fourth-order valence-corrected chi connectivity index (χ4v) is 4.29. The molecule has 0 spiro atoms. The van der Waals surface area contributed by atoms with Gasteiger partial charge in [-0.1, -0.05) is 18.6 Å². The summed E-state index contributed by atoms with van der Waals surface area (Å²) in [4.78, 5) is -1.90. The average molecular weight is 410 g/mol. The summed E-state index contributed by atoms with van der Waals surface area (Å²) in [6, 6.07) is -0.345. The van der Waals surface area contributed by atoms with Crippen molar-refractivity contribution < 1.29 is 26.7 Å². The van der Waals surface area contributed by atoms with Gasteiger partial charge in [-0.2, -0.15) is 0 Å². The summed E-state index contributed by atoms with van der Waals surface area (Å²) in [7, 11) is -4.71.